The smallest absolute Gasteiger partial charge is 0.312 e. The molecule has 0 atom stereocenters. The van der Waals surface area contributed by atoms with E-state index in [1.807, 2.05) is 0 Å². The van der Waals surface area contributed by atoms with Gasteiger partial charge in [0.2, 0.25) is 11.6 Å². The van der Waals surface area contributed by atoms with Crippen LogP contribution in [0.25, 0.3) is 22.6 Å². The van der Waals surface area contributed by atoms with E-state index in [4.69, 9.17) is 16.0 Å². The molecule has 0 bridgehead atoms. The van der Waals surface area contributed by atoms with E-state index in [1.54, 1.807) is 12.1 Å². The second-order valence-corrected chi connectivity index (χ2v) is 6.61. The Bertz CT molecular complexity index is 1340. The molecule has 4 rings (SSSR count). The van der Waals surface area contributed by atoms with E-state index in [-0.39, 0.29) is 22.0 Å². The Hall–Kier alpha value is -3.85. The lowest BCUT2D eigenvalue weighted by molar-refractivity contribution is -0.385. The summed E-state index contributed by atoms with van der Waals surface area (Å²) >= 11 is 5.86. The lowest BCUT2D eigenvalue weighted by Gasteiger charge is -2.01. The summed E-state index contributed by atoms with van der Waals surface area (Å²) in [5, 5.41) is 21.1. The number of halogens is 3. The minimum absolute atomic E-state index is 0.00816. The van der Waals surface area contributed by atoms with Gasteiger partial charge in [-0.15, -0.1) is 0 Å². The fraction of sp³-hybridized carbons (Fsp3) is 0. The second kappa shape index (κ2) is 7.53. The molecule has 4 aromatic rings. The number of rotatable bonds is 4. The predicted molar refractivity (Wildman–Crippen MR) is 106 cm³/mol. The molecule has 0 aliphatic heterocycles. The molecular weight excluding hydrogens is 420 g/mol. The second-order valence-electron chi connectivity index (χ2n) is 6.17. The molecular formula is C20H10ClF2N3O4. The molecule has 0 aliphatic rings. The summed E-state index contributed by atoms with van der Waals surface area (Å²) in [4.78, 5) is 18.6. The number of hydrogen-bond donors (Lipinski definition) is 1. The average Bonchev–Trinajstić information content (AvgIpc) is 3.11. The molecule has 0 spiro atoms. The van der Waals surface area contributed by atoms with Crippen LogP contribution in [0.3, 0.4) is 0 Å². The number of nitro benzene ring substituents is 1. The van der Waals surface area contributed by atoms with E-state index >= 15 is 0 Å². The Balaban J connectivity index is 1.69. The third-order valence-electron chi connectivity index (χ3n) is 4.17. The van der Waals surface area contributed by atoms with Gasteiger partial charge in [-0.1, -0.05) is 11.6 Å². The number of phenols is 1. The number of fused-ring (bicyclic) bond motifs is 1. The van der Waals surface area contributed by atoms with Crippen molar-refractivity contribution in [1.82, 2.24) is 4.98 Å². The van der Waals surface area contributed by atoms with Gasteiger partial charge in [0.25, 0.3) is 0 Å². The van der Waals surface area contributed by atoms with Gasteiger partial charge < -0.3 is 9.52 Å². The van der Waals surface area contributed by atoms with Gasteiger partial charge in [-0.3, -0.25) is 15.1 Å². The number of nitro groups is 1. The van der Waals surface area contributed by atoms with Crippen molar-refractivity contribution in [1.29, 1.82) is 0 Å². The molecule has 30 heavy (non-hydrogen) atoms. The first kappa shape index (κ1) is 19.5. The Morgan fingerprint density at radius 3 is 2.70 bits per heavy atom. The molecule has 3 aromatic carbocycles. The van der Waals surface area contributed by atoms with Gasteiger partial charge in [0.15, 0.2) is 5.58 Å². The number of hydrogen-bond acceptors (Lipinski definition) is 6. The van der Waals surface area contributed by atoms with Gasteiger partial charge in [-0.2, -0.15) is 0 Å². The molecule has 7 nitrogen and oxygen atoms in total. The fourth-order valence-corrected chi connectivity index (χ4v) is 2.98. The van der Waals surface area contributed by atoms with Crippen molar-refractivity contribution in [3.63, 3.8) is 0 Å². The third kappa shape index (κ3) is 3.70. The van der Waals surface area contributed by atoms with Crippen LogP contribution in [-0.2, 0) is 0 Å². The molecule has 0 amide bonds. The fourth-order valence-electron chi connectivity index (χ4n) is 2.76. The highest BCUT2D eigenvalue weighted by atomic mass is 35.5. The summed E-state index contributed by atoms with van der Waals surface area (Å²) in [5.74, 6) is -2.11. The molecule has 1 aromatic heterocycles. The molecule has 1 N–H and O–H groups in total. The maximum Gasteiger partial charge on any atom is 0.312 e. The Morgan fingerprint density at radius 1 is 1.17 bits per heavy atom. The van der Waals surface area contributed by atoms with Gasteiger partial charge >= 0.3 is 5.69 Å². The summed E-state index contributed by atoms with van der Waals surface area (Å²) in [7, 11) is 0. The highest BCUT2D eigenvalue weighted by Gasteiger charge is 2.18. The van der Waals surface area contributed by atoms with Crippen molar-refractivity contribution >= 4 is 40.3 Å². The van der Waals surface area contributed by atoms with Gasteiger partial charge in [0.05, 0.1) is 16.2 Å². The number of aliphatic imine (C=N–C) groups is 1. The molecule has 0 fully saturated rings. The number of aromatic hydroxyl groups is 1. The summed E-state index contributed by atoms with van der Waals surface area (Å²) in [5.41, 5.74) is 0.641. The molecule has 150 valence electrons. The maximum absolute atomic E-state index is 14.0. The average molecular weight is 430 g/mol. The van der Waals surface area contributed by atoms with E-state index in [0.29, 0.717) is 16.8 Å². The van der Waals surface area contributed by atoms with Crippen LogP contribution in [0.5, 0.6) is 5.75 Å². The molecule has 0 saturated heterocycles. The first-order valence-electron chi connectivity index (χ1n) is 8.39. The van der Waals surface area contributed by atoms with Gasteiger partial charge in [0, 0.05) is 28.9 Å². The van der Waals surface area contributed by atoms with Crippen LogP contribution in [0.15, 0.2) is 57.9 Å². The number of benzene rings is 3. The summed E-state index contributed by atoms with van der Waals surface area (Å²) in [6.07, 6.45) is 1.22. The van der Waals surface area contributed by atoms with Crippen molar-refractivity contribution in [2.45, 2.75) is 0 Å². The Labute approximate surface area is 172 Å². The zero-order valence-electron chi connectivity index (χ0n) is 14.8. The van der Waals surface area contributed by atoms with E-state index in [1.165, 1.54) is 24.4 Å². The van der Waals surface area contributed by atoms with Crippen molar-refractivity contribution in [2.24, 2.45) is 4.99 Å². The first-order chi connectivity index (χ1) is 14.3. The molecule has 10 heteroatoms. The molecule has 0 unspecified atom stereocenters. The van der Waals surface area contributed by atoms with E-state index < -0.39 is 28.0 Å². The highest BCUT2D eigenvalue weighted by molar-refractivity contribution is 6.31. The number of oxazole rings is 1. The minimum Gasteiger partial charge on any atom is -0.502 e. The number of phenolic OH excluding ortho intramolecular Hbond substituents is 1. The third-order valence-corrected chi connectivity index (χ3v) is 4.38. The first-order valence-corrected chi connectivity index (χ1v) is 8.76. The topological polar surface area (TPSA) is 102 Å². The van der Waals surface area contributed by atoms with Crippen molar-refractivity contribution in [3.8, 4) is 17.2 Å². The number of nitrogens with zero attached hydrogens (tertiary/aromatic N) is 3. The lowest BCUT2D eigenvalue weighted by atomic mass is 10.2. The van der Waals surface area contributed by atoms with Gasteiger partial charge in [-0.05, 0) is 36.4 Å². The van der Waals surface area contributed by atoms with Crippen LogP contribution in [0.4, 0.5) is 20.2 Å². The predicted octanol–water partition coefficient (Wildman–Crippen LogP) is 5.79. The van der Waals surface area contributed by atoms with Crippen molar-refractivity contribution in [2.75, 3.05) is 0 Å². The van der Waals surface area contributed by atoms with Gasteiger partial charge in [0.1, 0.15) is 17.2 Å². The monoisotopic (exact) mass is 429 g/mol. The maximum atomic E-state index is 14.0. The Morgan fingerprint density at radius 2 is 1.97 bits per heavy atom. The minimum atomic E-state index is -0.808. The van der Waals surface area contributed by atoms with E-state index in [2.05, 4.69) is 9.98 Å². The highest BCUT2D eigenvalue weighted by Crippen LogP contribution is 2.33. The standard InChI is InChI=1S/C20H10ClF2N3O4/c21-11-5-10(19(27)17(6-11)26(28)29)9-24-13-2-4-18-16(8-13)25-20(30-18)14-3-1-12(22)7-15(14)23/h1-9,27H. The SMILES string of the molecule is O=[N+]([O-])c1cc(Cl)cc(C=Nc2ccc3oc(-c4ccc(F)cc4F)nc3c2)c1O. The van der Waals surface area contributed by atoms with Crippen LogP contribution in [-0.4, -0.2) is 21.2 Å². The largest absolute Gasteiger partial charge is 0.502 e. The van der Waals surface area contributed by atoms with Crippen LogP contribution in [0, 0.1) is 21.7 Å². The van der Waals surface area contributed by atoms with Crippen LogP contribution < -0.4 is 0 Å². The van der Waals surface area contributed by atoms with E-state index in [0.717, 1.165) is 18.2 Å². The lowest BCUT2D eigenvalue weighted by Crippen LogP contribution is -1.92. The van der Waals surface area contributed by atoms with Crippen LogP contribution in [0.2, 0.25) is 5.02 Å². The molecule has 0 radical (unpaired) electrons. The molecule has 1 heterocycles. The molecule has 0 saturated carbocycles. The molecule has 0 aliphatic carbocycles. The van der Waals surface area contributed by atoms with Crippen molar-refractivity contribution in [3.05, 3.63) is 80.9 Å². The van der Waals surface area contributed by atoms with Gasteiger partial charge in [-0.25, -0.2) is 13.8 Å². The Kier molecular flexibility index (Phi) is 4.88. The summed E-state index contributed by atoms with van der Waals surface area (Å²) in [6.45, 7) is 0. The van der Waals surface area contributed by atoms with E-state index in [9.17, 15) is 24.0 Å². The van der Waals surface area contributed by atoms with Crippen LogP contribution in [0.1, 0.15) is 5.56 Å². The normalized spacial score (nSPS) is 11.4. The summed E-state index contributed by atoms with van der Waals surface area (Å²) < 4.78 is 32.6. The zero-order chi connectivity index (χ0) is 21.4. The van der Waals surface area contributed by atoms with Crippen molar-refractivity contribution < 1.29 is 23.2 Å². The number of aromatic nitrogens is 1. The summed E-state index contributed by atoms with van der Waals surface area (Å²) in [6, 6.07) is 10.1. The van der Waals surface area contributed by atoms with Crippen LogP contribution >= 0.6 is 11.6 Å². The zero-order valence-corrected chi connectivity index (χ0v) is 15.6. The quantitative estimate of drug-likeness (QED) is 0.251.